The molecular formula is C11H11F5N2O. The highest BCUT2D eigenvalue weighted by atomic mass is 19.4. The summed E-state index contributed by atoms with van der Waals surface area (Å²) < 4.78 is 61.4. The van der Waals surface area contributed by atoms with Gasteiger partial charge >= 0.3 is 18.0 Å². The number of halogens is 5. The first-order chi connectivity index (χ1) is 8.55. The lowest BCUT2D eigenvalue weighted by Crippen LogP contribution is -2.47. The molecule has 1 aromatic rings. The van der Waals surface area contributed by atoms with E-state index in [1.807, 2.05) is 0 Å². The van der Waals surface area contributed by atoms with Crippen molar-refractivity contribution >= 4 is 17.3 Å². The third-order valence-electron chi connectivity index (χ3n) is 2.26. The highest BCUT2D eigenvalue weighted by Gasteiger charge is 2.63. The van der Waals surface area contributed by atoms with Gasteiger partial charge in [0.1, 0.15) is 0 Å². The average Bonchev–Trinajstić information content (AvgIpc) is 2.27. The Morgan fingerprint density at radius 2 is 1.74 bits per heavy atom. The molecule has 106 valence electrons. The number of amides is 1. The van der Waals surface area contributed by atoms with Gasteiger partial charge < -0.3 is 10.2 Å². The molecule has 0 radical (unpaired) electrons. The quantitative estimate of drug-likeness (QED) is 0.865. The van der Waals surface area contributed by atoms with Crippen LogP contribution in [0.25, 0.3) is 0 Å². The van der Waals surface area contributed by atoms with E-state index >= 15 is 0 Å². The monoisotopic (exact) mass is 282 g/mol. The summed E-state index contributed by atoms with van der Waals surface area (Å²) in [4.78, 5) is 12.6. The highest BCUT2D eigenvalue weighted by molar-refractivity contribution is 5.97. The summed E-state index contributed by atoms with van der Waals surface area (Å²) in [5.74, 6) is -7.84. The molecule has 1 N–H and O–H groups in total. The van der Waals surface area contributed by atoms with Gasteiger partial charge in [-0.1, -0.05) is 6.07 Å². The lowest BCUT2D eigenvalue weighted by molar-refractivity contribution is -0.267. The van der Waals surface area contributed by atoms with Crippen molar-refractivity contribution in [2.45, 2.75) is 12.1 Å². The van der Waals surface area contributed by atoms with E-state index in [1.165, 1.54) is 18.2 Å². The molecule has 0 saturated heterocycles. The van der Waals surface area contributed by atoms with Gasteiger partial charge in [-0.3, -0.25) is 4.79 Å². The summed E-state index contributed by atoms with van der Waals surface area (Å²) in [7, 11) is 3.32. The molecule has 1 aromatic carbocycles. The number of hydrogen-bond donors (Lipinski definition) is 1. The first-order valence-electron chi connectivity index (χ1n) is 5.09. The SMILES string of the molecule is CN(C)c1cccc(NC(=O)C(F)(F)C(F)(F)F)c1. The van der Waals surface area contributed by atoms with Crippen molar-refractivity contribution in [3.8, 4) is 0 Å². The molecule has 3 nitrogen and oxygen atoms in total. The fourth-order valence-corrected chi connectivity index (χ4v) is 1.20. The second-order valence-corrected chi connectivity index (χ2v) is 3.97. The maximum Gasteiger partial charge on any atom is 0.463 e. The molecule has 0 bridgehead atoms. The largest absolute Gasteiger partial charge is 0.463 e. The van der Waals surface area contributed by atoms with Gasteiger partial charge in [0, 0.05) is 25.5 Å². The summed E-state index contributed by atoms with van der Waals surface area (Å²) in [5, 5.41) is 1.55. The molecule has 0 spiro atoms. The van der Waals surface area contributed by atoms with E-state index in [-0.39, 0.29) is 5.69 Å². The van der Waals surface area contributed by atoms with Gasteiger partial charge in [-0.15, -0.1) is 0 Å². The number of alkyl halides is 5. The minimum atomic E-state index is -5.92. The third kappa shape index (κ3) is 3.33. The molecule has 0 aromatic heterocycles. The van der Waals surface area contributed by atoms with E-state index in [0.717, 1.165) is 0 Å². The van der Waals surface area contributed by atoms with Crippen molar-refractivity contribution in [2.24, 2.45) is 0 Å². The van der Waals surface area contributed by atoms with E-state index in [4.69, 9.17) is 0 Å². The highest BCUT2D eigenvalue weighted by Crippen LogP contribution is 2.36. The predicted molar refractivity (Wildman–Crippen MR) is 60.4 cm³/mol. The van der Waals surface area contributed by atoms with Crippen molar-refractivity contribution in [3.63, 3.8) is 0 Å². The second-order valence-electron chi connectivity index (χ2n) is 3.97. The Hall–Kier alpha value is -1.86. The van der Waals surface area contributed by atoms with Crippen LogP contribution < -0.4 is 10.2 Å². The molecule has 19 heavy (non-hydrogen) atoms. The molecule has 0 aliphatic carbocycles. The Kier molecular flexibility index (Phi) is 4.02. The Morgan fingerprint density at radius 3 is 2.21 bits per heavy atom. The van der Waals surface area contributed by atoms with Crippen molar-refractivity contribution in [2.75, 3.05) is 24.3 Å². The molecule has 0 aliphatic rings. The van der Waals surface area contributed by atoms with Crippen LogP contribution in [0.4, 0.5) is 33.3 Å². The third-order valence-corrected chi connectivity index (χ3v) is 2.26. The van der Waals surface area contributed by atoms with Gasteiger partial charge in [0.15, 0.2) is 0 Å². The molecule has 0 fully saturated rings. The number of nitrogens with one attached hydrogen (secondary N) is 1. The van der Waals surface area contributed by atoms with Crippen LogP contribution >= 0.6 is 0 Å². The van der Waals surface area contributed by atoms with Crippen LogP contribution in [0.2, 0.25) is 0 Å². The van der Waals surface area contributed by atoms with Crippen LogP contribution in [-0.4, -0.2) is 32.1 Å². The summed E-state index contributed by atoms with van der Waals surface area (Å²) in [5.41, 5.74) is 0.410. The molecule has 0 aliphatic heterocycles. The number of nitrogens with zero attached hydrogens (tertiary/aromatic N) is 1. The molecule has 0 heterocycles. The first kappa shape index (κ1) is 15.2. The fourth-order valence-electron chi connectivity index (χ4n) is 1.20. The van der Waals surface area contributed by atoms with Crippen LogP contribution in [0.1, 0.15) is 0 Å². The minimum absolute atomic E-state index is 0.139. The lowest BCUT2D eigenvalue weighted by Gasteiger charge is -2.19. The van der Waals surface area contributed by atoms with E-state index in [1.54, 1.807) is 30.4 Å². The van der Waals surface area contributed by atoms with Crippen LogP contribution in [0.3, 0.4) is 0 Å². The maximum absolute atomic E-state index is 12.7. The van der Waals surface area contributed by atoms with Crippen molar-refractivity contribution in [1.82, 2.24) is 0 Å². The Labute approximate surface area is 106 Å². The lowest BCUT2D eigenvalue weighted by atomic mass is 10.2. The number of carbonyl (C=O) groups excluding carboxylic acids is 1. The summed E-state index contributed by atoms with van der Waals surface area (Å²) in [6, 6.07) is 5.54. The molecule has 0 unspecified atom stereocenters. The van der Waals surface area contributed by atoms with Gasteiger partial charge in [0.2, 0.25) is 0 Å². The van der Waals surface area contributed by atoms with E-state index in [0.29, 0.717) is 5.69 Å². The van der Waals surface area contributed by atoms with E-state index < -0.39 is 18.0 Å². The smallest absolute Gasteiger partial charge is 0.378 e. The number of benzene rings is 1. The Bertz CT molecular complexity index is 470. The summed E-state index contributed by atoms with van der Waals surface area (Å²) in [6.07, 6.45) is -5.92. The van der Waals surface area contributed by atoms with E-state index in [9.17, 15) is 26.7 Å². The van der Waals surface area contributed by atoms with Crippen LogP contribution in [0, 0.1) is 0 Å². The van der Waals surface area contributed by atoms with Gasteiger partial charge in [-0.05, 0) is 18.2 Å². The number of hydrogen-bond acceptors (Lipinski definition) is 2. The van der Waals surface area contributed by atoms with Gasteiger partial charge in [-0.25, -0.2) is 0 Å². The molecule has 1 amide bonds. The molecule has 8 heteroatoms. The second kappa shape index (κ2) is 5.02. The topological polar surface area (TPSA) is 32.3 Å². The normalized spacial score (nSPS) is 12.2. The maximum atomic E-state index is 12.7. The van der Waals surface area contributed by atoms with Crippen LogP contribution in [0.5, 0.6) is 0 Å². The number of anilines is 2. The summed E-state index contributed by atoms with van der Waals surface area (Å²) >= 11 is 0. The van der Waals surface area contributed by atoms with Gasteiger partial charge in [-0.2, -0.15) is 22.0 Å². The number of rotatable bonds is 3. The zero-order valence-electron chi connectivity index (χ0n) is 10.1. The summed E-state index contributed by atoms with van der Waals surface area (Å²) in [6.45, 7) is 0. The molecular weight excluding hydrogens is 271 g/mol. The van der Waals surface area contributed by atoms with Crippen molar-refractivity contribution in [1.29, 1.82) is 0 Å². The van der Waals surface area contributed by atoms with Crippen molar-refractivity contribution < 1.29 is 26.7 Å². The molecule has 0 atom stereocenters. The van der Waals surface area contributed by atoms with Crippen molar-refractivity contribution in [3.05, 3.63) is 24.3 Å². The first-order valence-corrected chi connectivity index (χ1v) is 5.09. The van der Waals surface area contributed by atoms with Gasteiger partial charge in [0.05, 0.1) is 0 Å². The fraction of sp³-hybridized carbons (Fsp3) is 0.364. The van der Waals surface area contributed by atoms with Crippen LogP contribution in [-0.2, 0) is 4.79 Å². The molecule has 1 rings (SSSR count). The average molecular weight is 282 g/mol. The zero-order chi connectivity index (χ0) is 14.8. The predicted octanol–water partition coefficient (Wildman–Crippen LogP) is 2.89. The zero-order valence-corrected chi connectivity index (χ0v) is 10.1. The molecule has 0 saturated carbocycles. The van der Waals surface area contributed by atoms with Crippen LogP contribution in [0.15, 0.2) is 24.3 Å². The minimum Gasteiger partial charge on any atom is -0.378 e. The Morgan fingerprint density at radius 1 is 1.16 bits per heavy atom. The standard InChI is InChI=1S/C11H11F5N2O/c1-18(2)8-5-3-4-7(6-8)17-9(19)10(12,13)11(14,15)16/h3-6H,1-2H3,(H,17,19). The van der Waals surface area contributed by atoms with E-state index in [2.05, 4.69) is 0 Å². The van der Waals surface area contributed by atoms with Gasteiger partial charge in [0.25, 0.3) is 0 Å². The number of carbonyl (C=O) groups is 1. The Balaban J connectivity index is 2.92.